The number of nitrogens with zero attached hydrogens (tertiary/aromatic N) is 1. The molecule has 1 aromatic heterocycles. The van der Waals surface area contributed by atoms with Gasteiger partial charge in [0, 0.05) is 12.2 Å². The molecule has 0 aliphatic heterocycles. The van der Waals surface area contributed by atoms with Gasteiger partial charge in [0.1, 0.15) is 11.7 Å². The Morgan fingerprint density at radius 2 is 1.90 bits per heavy atom. The second-order valence-corrected chi connectivity index (χ2v) is 6.59. The summed E-state index contributed by atoms with van der Waals surface area (Å²) in [5.41, 5.74) is -0.221. The Hall–Kier alpha value is -1.49. The third kappa shape index (κ3) is 3.76. The summed E-state index contributed by atoms with van der Waals surface area (Å²) in [6.07, 6.45) is 1.66. The van der Waals surface area contributed by atoms with Crippen LogP contribution in [0.2, 0.25) is 5.02 Å². The number of aliphatic carboxylic acids is 1. The molecular formula is C14H21ClN2O3. The molecule has 0 bridgehead atoms. The number of hydrogen-bond donors (Lipinski definition) is 2. The lowest BCUT2D eigenvalue weighted by molar-refractivity contribution is -0.142. The predicted octanol–water partition coefficient (Wildman–Crippen LogP) is 2.95. The minimum Gasteiger partial charge on any atom is -0.480 e. The van der Waals surface area contributed by atoms with Gasteiger partial charge in [-0.05, 0) is 25.3 Å². The van der Waals surface area contributed by atoms with Gasteiger partial charge in [0.25, 0.3) is 5.91 Å². The van der Waals surface area contributed by atoms with E-state index in [1.54, 1.807) is 37.6 Å². The smallest absolute Gasteiger partial charge is 0.326 e. The van der Waals surface area contributed by atoms with E-state index < -0.39 is 23.3 Å². The topological polar surface area (TPSA) is 71.3 Å². The molecule has 0 aliphatic carbocycles. The van der Waals surface area contributed by atoms with Gasteiger partial charge in [-0.3, -0.25) is 4.79 Å². The van der Waals surface area contributed by atoms with Crippen molar-refractivity contribution in [3.8, 4) is 0 Å². The normalized spacial score (nSPS) is 13.3. The molecule has 0 aromatic carbocycles. The van der Waals surface area contributed by atoms with Crippen LogP contribution < -0.4 is 5.32 Å². The Balaban J connectivity index is 3.04. The number of carbonyl (C=O) groups is 2. The van der Waals surface area contributed by atoms with Crippen LogP contribution in [0.3, 0.4) is 0 Å². The van der Waals surface area contributed by atoms with Gasteiger partial charge >= 0.3 is 5.97 Å². The maximum Gasteiger partial charge on any atom is 0.326 e. The number of amides is 1. The number of nitrogens with one attached hydrogen (secondary N) is 1. The van der Waals surface area contributed by atoms with Crippen molar-refractivity contribution in [1.29, 1.82) is 0 Å². The van der Waals surface area contributed by atoms with Gasteiger partial charge < -0.3 is 15.0 Å². The van der Waals surface area contributed by atoms with Crippen molar-refractivity contribution in [2.45, 2.75) is 46.7 Å². The zero-order valence-electron chi connectivity index (χ0n) is 12.4. The van der Waals surface area contributed by atoms with Crippen LogP contribution >= 0.6 is 11.6 Å². The molecule has 20 heavy (non-hydrogen) atoms. The van der Waals surface area contributed by atoms with Gasteiger partial charge in [-0.2, -0.15) is 0 Å². The SMILES string of the molecule is CC(C)n1cc(Cl)cc1C(=O)N[C@H](C(=O)O)C(C)(C)C. The largest absolute Gasteiger partial charge is 0.480 e. The van der Waals surface area contributed by atoms with E-state index >= 15 is 0 Å². The van der Waals surface area contributed by atoms with Crippen molar-refractivity contribution in [2.75, 3.05) is 0 Å². The Labute approximate surface area is 123 Å². The molecule has 0 unspecified atom stereocenters. The molecular weight excluding hydrogens is 280 g/mol. The van der Waals surface area contributed by atoms with Crippen molar-refractivity contribution < 1.29 is 14.7 Å². The van der Waals surface area contributed by atoms with E-state index in [-0.39, 0.29) is 6.04 Å². The molecule has 0 spiro atoms. The van der Waals surface area contributed by atoms with Gasteiger partial charge in [0.15, 0.2) is 0 Å². The minimum atomic E-state index is -1.06. The molecule has 1 amide bonds. The highest BCUT2D eigenvalue weighted by molar-refractivity contribution is 6.31. The van der Waals surface area contributed by atoms with Crippen molar-refractivity contribution >= 4 is 23.5 Å². The monoisotopic (exact) mass is 300 g/mol. The van der Waals surface area contributed by atoms with Crippen LogP contribution in [0.1, 0.15) is 51.1 Å². The summed E-state index contributed by atoms with van der Waals surface area (Å²) in [5, 5.41) is 12.3. The number of carbonyl (C=O) groups excluding carboxylic acids is 1. The molecule has 0 radical (unpaired) electrons. The fraction of sp³-hybridized carbons (Fsp3) is 0.571. The average molecular weight is 301 g/mol. The Kier molecular flexibility index (Phi) is 4.86. The highest BCUT2D eigenvalue weighted by atomic mass is 35.5. The number of hydrogen-bond acceptors (Lipinski definition) is 2. The molecule has 1 atom stereocenters. The molecule has 5 nitrogen and oxygen atoms in total. The van der Waals surface area contributed by atoms with Gasteiger partial charge in [0.2, 0.25) is 0 Å². The summed E-state index contributed by atoms with van der Waals surface area (Å²) < 4.78 is 1.72. The molecule has 1 aromatic rings. The molecule has 0 saturated heterocycles. The molecule has 1 heterocycles. The lowest BCUT2D eigenvalue weighted by Gasteiger charge is -2.28. The predicted molar refractivity (Wildman–Crippen MR) is 78.2 cm³/mol. The van der Waals surface area contributed by atoms with Crippen LogP contribution in [-0.2, 0) is 4.79 Å². The van der Waals surface area contributed by atoms with Gasteiger partial charge in [-0.1, -0.05) is 32.4 Å². The second-order valence-electron chi connectivity index (χ2n) is 6.16. The first kappa shape index (κ1) is 16.6. The van der Waals surface area contributed by atoms with Crippen LogP contribution in [0.5, 0.6) is 0 Å². The first-order valence-electron chi connectivity index (χ1n) is 6.45. The highest BCUT2D eigenvalue weighted by Gasteiger charge is 2.33. The molecule has 2 N–H and O–H groups in total. The van der Waals surface area contributed by atoms with E-state index in [4.69, 9.17) is 11.6 Å². The molecule has 112 valence electrons. The summed E-state index contributed by atoms with van der Waals surface area (Å²) in [7, 11) is 0. The van der Waals surface area contributed by atoms with Crippen molar-refractivity contribution in [3.63, 3.8) is 0 Å². The number of rotatable bonds is 4. The third-order valence-corrected chi connectivity index (χ3v) is 3.20. The summed E-state index contributed by atoms with van der Waals surface area (Å²) in [4.78, 5) is 23.6. The van der Waals surface area contributed by atoms with Crippen molar-refractivity contribution in [3.05, 3.63) is 23.0 Å². The molecule has 1 rings (SSSR count). The number of carboxylic acids is 1. The van der Waals surface area contributed by atoms with Gasteiger partial charge in [0.05, 0.1) is 5.02 Å². The van der Waals surface area contributed by atoms with E-state index in [0.29, 0.717) is 10.7 Å². The zero-order valence-corrected chi connectivity index (χ0v) is 13.2. The lowest BCUT2D eigenvalue weighted by Crippen LogP contribution is -2.49. The van der Waals surface area contributed by atoms with Crippen LogP contribution in [0.15, 0.2) is 12.3 Å². The lowest BCUT2D eigenvalue weighted by atomic mass is 9.86. The Morgan fingerprint density at radius 3 is 2.30 bits per heavy atom. The van der Waals surface area contributed by atoms with E-state index in [1.807, 2.05) is 13.8 Å². The van der Waals surface area contributed by atoms with Crippen LogP contribution in [0, 0.1) is 5.41 Å². The highest BCUT2D eigenvalue weighted by Crippen LogP contribution is 2.22. The van der Waals surface area contributed by atoms with Crippen LogP contribution in [-0.4, -0.2) is 27.6 Å². The fourth-order valence-electron chi connectivity index (χ4n) is 1.91. The first-order valence-corrected chi connectivity index (χ1v) is 6.83. The summed E-state index contributed by atoms with van der Waals surface area (Å²) in [5.74, 6) is -1.49. The second kappa shape index (κ2) is 5.87. The van der Waals surface area contributed by atoms with Gasteiger partial charge in [-0.25, -0.2) is 4.79 Å². The zero-order chi connectivity index (χ0) is 15.7. The maximum absolute atomic E-state index is 12.3. The van der Waals surface area contributed by atoms with Crippen LogP contribution in [0.4, 0.5) is 0 Å². The number of halogens is 1. The Bertz CT molecular complexity index is 515. The molecule has 0 saturated carbocycles. The maximum atomic E-state index is 12.3. The van der Waals surface area contributed by atoms with Crippen molar-refractivity contribution in [1.82, 2.24) is 9.88 Å². The standard InChI is InChI=1S/C14H21ClN2O3/c1-8(2)17-7-9(15)6-10(17)12(18)16-11(13(19)20)14(3,4)5/h6-8,11H,1-5H3,(H,16,18)(H,19,20)/t11-/m1/s1. The van der Waals surface area contributed by atoms with E-state index in [1.165, 1.54) is 0 Å². The summed E-state index contributed by atoms with van der Waals surface area (Å²) in [6.45, 7) is 9.14. The fourth-order valence-corrected chi connectivity index (χ4v) is 2.12. The Morgan fingerprint density at radius 1 is 1.35 bits per heavy atom. The molecule has 0 aliphatic rings. The quantitative estimate of drug-likeness (QED) is 0.898. The summed E-state index contributed by atoms with van der Waals surface area (Å²) >= 11 is 5.93. The summed E-state index contributed by atoms with van der Waals surface area (Å²) in [6, 6.07) is 0.629. The van der Waals surface area contributed by atoms with E-state index in [0.717, 1.165) is 0 Å². The van der Waals surface area contributed by atoms with Crippen molar-refractivity contribution in [2.24, 2.45) is 5.41 Å². The van der Waals surface area contributed by atoms with Crippen LogP contribution in [0.25, 0.3) is 0 Å². The first-order chi connectivity index (χ1) is 9.04. The minimum absolute atomic E-state index is 0.0566. The van der Waals surface area contributed by atoms with E-state index in [9.17, 15) is 14.7 Å². The average Bonchev–Trinajstić information content (AvgIpc) is 2.66. The van der Waals surface area contributed by atoms with E-state index in [2.05, 4.69) is 5.32 Å². The molecule has 0 fully saturated rings. The van der Waals surface area contributed by atoms with Gasteiger partial charge in [-0.15, -0.1) is 0 Å². The molecule has 6 heteroatoms. The number of aromatic nitrogens is 1. The third-order valence-electron chi connectivity index (χ3n) is 2.99. The number of carboxylic acid groups (broad SMARTS) is 1.